The van der Waals surface area contributed by atoms with Gasteiger partial charge >= 0.3 is 6.18 Å². The average Bonchev–Trinajstić information content (AvgIpc) is 3.07. The summed E-state index contributed by atoms with van der Waals surface area (Å²) in [4.78, 5) is 6.04. The number of aromatic nitrogens is 1. The summed E-state index contributed by atoms with van der Waals surface area (Å²) in [6.45, 7) is 2.15. The van der Waals surface area contributed by atoms with E-state index in [0.717, 1.165) is 34.6 Å². The number of nitrogens with zero attached hydrogens (tertiary/aromatic N) is 1. The maximum atomic E-state index is 12.5. The molecule has 2 rings (SSSR count). The zero-order chi connectivity index (χ0) is 19.2. The third-order valence-electron chi connectivity index (χ3n) is 3.58. The summed E-state index contributed by atoms with van der Waals surface area (Å²) < 4.78 is 37.5. The molecular formula is C19H20F3N3S. The molecule has 0 unspecified atom stereocenters. The molecule has 2 aromatic rings. The van der Waals surface area contributed by atoms with E-state index in [2.05, 4.69) is 24.1 Å². The molecule has 0 atom stereocenters. The third-order valence-corrected chi connectivity index (χ3v) is 4.68. The van der Waals surface area contributed by atoms with Crippen LogP contribution in [0.15, 0.2) is 48.3 Å². The number of hydrogen-bond acceptors (Lipinski definition) is 4. The number of pyridine rings is 1. The number of hydrogen-bond donors (Lipinski definition) is 2. The molecule has 0 saturated carbocycles. The van der Waals surface area contributed by atoms with Crippen LogP contribution in [0, 0.1) is 5.41 Å². The van der Waals surface area contributed by atoms with Gasteiger partial charge in [-0.05, 0) is 48.4 Å². The summed E-state index contributed by atoms with van der Waals surface area (Å²) in [5.74, 6) is 0. The highest BCUT2D eigenvalue weighted by Crippen LogP contribution is 2.29. The number of rotatable bonds is 7. The topological polar surface area (TPSA) is 62.8 Å². The molecule has 26 heavy (non-hydrogen) atoms. The van der Waals surface area contributed by atoms with Gasteiger partial charge in [0.2, 0.25) is 0 Å². The van der Waals surface area contributed by atoms with Gasteiger partial charge in [0.25, 0.3) is 0 Å². The Kier molecular flexibility index (Phi) is 6.74. The Hall–Kier alpha value is -2.41. The van der Waals surface area contributed by atoms with E-state index in [1.165, 1.54) is 6.20 Å². The van der Waals surface area contributed by atoms with Crippen molar-refractivity contribution in [2.24, 2.45) is 5.73 Å². The van der Waals surface area contributed by atoms with Crippen molar-refractivity contribution < 1.29 is 13.2 Å². The minimum Gasteiger partial charge on any atom is -0.395 e. The van der Waals surface area contributed by atoms with Crippen molar-refractivity contribution in [3.63, 3.8) is 0 Å². The highest BCUT2D eigenvalue weighted by atomic mass is 32.1. The van der Waals surface area contributed by atoms with Crippen LogP contribution in [0.1, 0.15) is 36.8 Å². The molecule has 0 amide bonds. The maximum absolute atomic E-state index is 12.5. The summed E-state index contributed by atoms with van der Waals surface area (Å²) in [6.07, 6.45) is 4.95. The van der Waals surface area contributed by atoms with Crippen LogP contribution < -0.4 is 5.73 Å². The van der Waals surface area contributed by atoms with E-state index >= 15 is 0 Å². The van der Waals surface area contributed by atoms with E-state index in [0.29, 0.717) is 6.08 Å². The van der Waals surface area contributed by atoms with Crippen molar-refractivity contribution in [3.8, 4) is 10.4 Å². The molecule has 0 bridgehead atoms. The van der Waals surface area contributed by atoms with Crippen LogP contribution in [-0.4, -0.2) is 16.9 Å². The Morgan fingerprint density at radius 3 is 2.77 bits per heavy atom. The van der Waals surface area contributed by atoms with E-state index in [-0.39, 0.29) is 11.4 Å². The van der Waals surface area contributed by atoms with Crippen LogP contribution in [0.5, 0.6) is 0 Å². The first kappa shape index (κ1) is 19.9. The van der Waals surface area contributed by atoms with Crippen molar-refractivity contribution in [2.45, 2.75) is 32.4 Å². The molecule has 0 radical (unpaired) electrons. The number of nitrogens with one attached hydrogen (secondary N) is 1. The molecule has 138 valence electrons. The molecule has 0 aliphatic carbocycles. The van der Waals surface area contributed by atoms with Crippen LogP contribution in [0.4, 0.5) is 13.2 Å². The number of allylic oxidation sites excluding steroid dienone is 3. The van der Waals surface area contributed by atoms with Gasteiger partial charge in [0.15, 0.2) is 0 Å². The molecule has 0 saturated heterocycles. The first-order valence-corrected chi connectivity index (χ1v) is 8.99. The SMILES string of the molecule is CCCC/C=C/c1ccc(-c2ccnc(C(=N)C=C(N)C(F)(F)F)c2)s1. The lowest BCUT2D eigenvalue weighted by Crippen LogP contribution is -2.20. The fraction of sp³-hybridized carbons (Fsp3) is 0.263. The smallest absolute Gasteiger partial charge is 0.395 e. The van der Waals surface area contributed by atoms with Crippen molar-refractivity contribution in [3.05, 3.63) is 58.9 Å². The van der Waals surface area contributed by atoms with Crippen molar-refractivity contribution >= 4 is 23.1 Å². The molecule has 2 heterocycles. The van der Waals surface area contributed by atoms with Crippen molar-refractivity contribution in [2.75, 3.05) is 0 Å². The fourth-order valence-electron chi connectivity index (χ4n) is 2.16. The van der Waals surface area contributed by atoms with Gasteiger partial charge in [0, 0.05) is 16.0 Å². The van der Waals surface area contributed by atoms with Crippen LogP contribution in [0.2, 0.25) is 0 Å². The first-order chi connectivity index (χ1) is 12.3. The van der Waals surface area contributed by atoms with Gasteiger partial charge in [0.05, 0.1) is 11.4 Å². The largest absolute Gasteiger partial charge is 0.430 e. The van der Waals surface area contributed by atoms with Crippen LogP contribution >= 0.6 is 11.3 Å². The molecule has 2 aromatic heterocycles. The molecule has 7 heteroatoms. The normalized spacial score (nSPS) is 12.7. The minimum atomic E-state index is -4.66. The summed E-state index contributed by atoms with van der Waals surface area (Å²) in [7, 11) is 0. The van der Waals surface area contributed by atoms with Gasteiger partial charge in [-0.2, -0.15) is 13.2 Å². The van der Waals surface area contributed by atoms with Crippen LogP contribution in [0.3, 0.4) is 0 Å². The van der Waals surface area contributed by atoms with Gasteiger partial charge in [-0.25, -0.2) is 0 Å². The van der Waals surface area contributed by atoms with E-state index in [9.17, 15) is 13.2 Å². The van der Waals surface area contributed by atoms with Crippen molar-refractivity contribution in [1.29, 1.82) is 5.41 Å². The first-order valence-electron chi connectivity index (χ1n) is 8.17. The Balaban J connectivity index is 2.18. The number of thiophene rings is 1. The molecule has 0 fully saturated rings. The van der Waals surface area contributed by atoms with E-state index in [1.807, 2.05) is 12.1 Å². The van der Waals surface area contributed by atoms with E-state index in [4.69, 9.17) is 11.1 Å². The number of alkyl halides is 3. The zero-order valence-corrected chi connectivity index (χ0v) is 15.1. The number of halogens is 3. The minimum absolute atomic E-state index is 0.142. The summed E-state index contributed by atoms with van der Waals surface area (Å²) >= 11 is 1.58. The van der Waals surface area contributed by atoms with Gasteiger partial charge in [-0.3, -0.25) is 10.4 Å². The number of unbranched alkanes of at least 4 members (excludes halogenated alkanes) is 2. The maximum Gasteiger partial charge on any atom is 0.430 e. The Bertz CT molecular complexity index is 819. The zero-order valence-electron chi connectivity index (χ0n) is 14.3. The average molecular weight is 379 g/mol. The Morgan fingerprint density at radius 2 is 2.08 bits per heavy atom. The molecule has 3 nitrogen and oxygen atoms in total. The number of nitrogens with two attached hydrogens (primary N) is 1. The quantitative estimate of drug-likeness (QED) is 0.473. The van der Waals surface area contributed by atoms with Crippen LogP contribution in [0.25, 0.3) is 16.5 Å². The van der Waals surface area contributed by atoms with Gasteiger partial charge in [-0.1, -0.05) is 25.8 Å². The Morgan fingerprint density at radius 1 is 1.31 bits per heavy atom. The fourth-order valence-corrected chi connectivity index (χ4v) is 3.10. The third kappa shape index (κ3) is 5.56. The molecular weight excluding hydrogens is 359 g/mol. The summed E-state index contributed by atoms with van der Waals surface area (Å²) in [5, 5.41) is 7.81. The molecule has 0 aromatic carbocycles. The second-order valence-electron chi connectivity index (χ2n) is 5.69. The molecule has 0 aliphatic rings. The highest BCUT2D eigenvalue weighted by molar-refractivity contribution is 7.16. The lowest BCUT2D eigenvalue weighted by Gasteiger charge is -2.07. The highest BCUT2D eigenvalue weighted by Gasteiger charge is 2.31. The summed E-state index contributed by atoms with van der Waals surface area (Å²) in [5.41, 5.74) is 4.22. The molecule has 0 aliphatic heterocycles. The monoisotopic (exact) mass is 379 g/mol. The predicted molar refractivity (Wildman–Crippen MR) is 101 cm³/mol. The standard InChI is InChI=1S/C19H20F3N3S/c1-2-3-4-5-6-14-7-8-17(26-14)13-9-10-25-16(11-13)15(23)12-18(24)19(20,21)22/h5-12,23H,2-4,24H2,1H3/b6-5+,18-12?,23-15?. The van der Waals surface area contributed by atoms with Crippen molar-refractivity contribution in [1.82, 2.24) is 4.98 Å². The van der Waals surface area contributed by atoms with Gasteiger partial charge in [-0.15, -0.1) is 11.3 Å². The van der Waals surface area contributed by atoms with E-state index < -0.39 is 11.9 Å². The Labute approximate surface area is 154 Å². The van der Waals surface area contributed by atoms with E-state index in [1.54, 1.807) is 23.5 Å². The lowest BCUT2D eigenvalue weighted by atomic mass is 10.1. The molecule has 0 spiro atoms. The summed E-state index contributed by atoms with van der Waals surface area (Å²) in [6, 6.07) is 7.31. The second kappa shape index (κ2) is 8.80. The molecule has 3 N–H and O–H groups in total. The van der Waals surface area contributed by atoms with Crippen LogP contribution in [-0.2, 0) is 0 Å². The predicted octanol–water partition coefficient (Wildman–Crippen LogP) is 5.79. The van der Waals surface area contributed by atoms with Gasteiger partial charge < -0.3 is 5.73 Å². The second-order valence-corrected chi connectivity index (χ2v) is 6.80. The van der Waals surface area contributed by atoms with Gasteiger partial charge in [0.1, 0.15) is 5.70 Å². The lowest BCUT2D eigenvalue weighted by molar-refractivity contribution is -0.0925.